The fraction of sp³-hybridized carbons (Fsp3) is 0.474. The maximum atomic E-state index is 13.1. The molecule has 1 unspecified atom stereocenters. The quantitative estimate of drug-likeness (QED) is 0.255. The summed E-state index contributed by atoms with van der Waals surface area (Å²) in [5, 5.41) is 3.79. The van der Waals surface area contributed by atoms with Gasteiger partial charge in [0, 0.05) is 24.4 Å². The third kappa shape index (κ3) is 4.43. The Hall–Kier alpha value is -2.79. The van der Waals surface area contributed by atoms with Gasteiger partial charge >= 0.3 is 5.97 Å². The number of rotatable bonds is 6. The Bertz CT molecular complexity index is 713. The first-order valence-electron chi connectivity index (χ1n) is 8.68. The van der Waals surface area contributed by atoms with Crippen LogP contribution in [0.3, 0.4) is 0 Å². The molecule has 0 aromatic heterocycles. The summed E-state index contributed by atoms with van der Waals surface area (Å²) in [6.07, 6.45) is 4.80. The highest BCUT2D eigenvalue weighted by atomic mass is 16.5. The van der Waals surface area contributed by atoms with Crippen LogP contribution in [0, 0.1) is 0 Å². The molecule has 26 heavy (non-hydrogen) atoms. The van der Waals surface area contributed by atoms with Gasteiger partial charge in [-0.15, -0.1) is 0 Å². The minimum atomic E-state index is -1.15. The normalized spacial score (nSPS) is 22.7. The number of benzene rings is 1. The van der Waals surface area contributed by atoms with E-state index in [1.54, 1.807) is 4.90 Å². The van der Waals surface area contributed by atoms with Crippen molar-refractivity contribution in [2.45, 2.75) is 51.3 Å². The molecule has 138 valence electrons. The van der Waals surface area contributed by atoms with E-state index in [0.717, 1.165) is 5.56 Å². The number of carbonyl (C=O) groups is 2. The second-order valence-corrected chi connectivity index (χ2v) is 6.39. The number of hydrogen-bond acceptors (Lipinski definition) is 4. The number of allylic oxidation sites excluding steroid dienone is 1. The van der Waals surface area contributed by atoms with Gasteiger partial charge in [-0.1, -0.05) is 47.6 Å². The fourth-order valence-corrected chi connectivity index (χ4v) is 3.37. The van der Waals surface area contributed by atoms with Crippen LogP contribution in [-0.4, -0.2) is 34.9 Å². The second kappa shape index (κ2) is 9.06. The zero-order valence-corrected chi connectivity index (χ0v) is 15.2. The fourth-order valence-electron chi connectivity index (χ4n) is 3.37. The van der Waals surface area contributed by atoms with E-state index in [9.17, 15) is 9.59 Å². The standard InChI is InChI=1S/C19H24N4O3/c1-3-4-11-19(18(25)26-14-16-8-6-5-7-9-16)13-17(21-22-20)10-12-23(19)15(2)24/h3-9,17H,10-14H2,1-2H3/t17-,19?/m0/s1. The van der Waals surface area contributed by atoms with Crippen molar-refractivity contribution in [3.05, 3.63) is 58.5 Å². The Balaban J connectivity index is 2.30. The average molecular weight is 356 g/mol. The van der Waals surface area contributed by atoms with Crippen molar-refractivity contribution in [1.82, 2.24) is 4.90 Å². The lowest BCUT2D eigenvalue weighted by molar-refractivity contribution is -0.168. The van der Waals surface area contributed by atoms with Crippen LogP contribution in [-0.2, 0) is 20.9 Å². The zero-order valence-electron chi connectivity index (χ0n) is 15.2. The van der Waals surface area contributed by atoms with Gasteiger partial charge in [0.2, 0.25) is 5.91 Å². The van der Waals surface area contributed by atoms with E-state index < -0.39 is 11.5 Å². The van der Waals surface area contributed by atoms with E-state index in [1.165, 1.54) is 6.92 Å². The second-order valence-electron chi connectivity index (χ2n) is 6.39. The molecule has 0 N–H and O–H groups in total. The molecule has 1 fully saturated rings. The number of hydrogen-bond donors (Lipinski definition) is 0. The molecule has 1 aliphatic heterocycles. The SMILES string of the molecule is CC=CCC1(C(=O)OCc2ccccc2)C[C@@H](N=[N+]=[N-])CCN1C(C)=O. The molecule has 7 nitrogen and oxygen atoms in total. The smallest absolute Gasteiger partial charge is 0.332 e. The number of likely N-dealkylation sites (tertiary alicyclic amines) is 1. The molecule has 1 aliphatic rings. The minimum absolute atomic E-state index is 0.134. The van der Waals surface area contributed by atoms with Crippen molar-refractivity contribution >= 4 is 11.9 Å². The summed E-state index contributed by atoms with van der Waals surface area (Å²) in [6, 6.07) is 9.04. The topological polar surface area (TPSA) is 95.4 Å². The summed E-state index contributed by atoms with van der Waals surface area (Å²) in [5.74, 6) is -0.655. The Labute approximate surface area is 153 Å². The van der Waals surface area contributed by atoms with Crippen molar-refractivity contribution in [2.75, 3.05) is 6.54 Å². The molecule has 1 amide bonds. The first-order chi connectivity index (χ1) is 12.5. The van der Waals surface area contributed by atoms with Gasteiger partial charge in [0.15, 0.2) is 0 Å². The van der Waals surface area contributed by atoms with Crippen LogP contribution >= 0.6 is 0 Å². The lowest BCUT2D eigenvalue weighted by Gasteiger charge is -2.46. The van der Waals surface area contributed by atoms with Gasteiger partial charge in [0.1, 0.15) is 12.1 Å². The monoisotopic (exact) mass is 356 g/mol. The minimum Gasteiger partial charge on any atom is -0.459 e. The van der Waals surface area contributed by atoms with Crippen molar-refractivity contribution in [3.63, 3.8) is 0 Å². The molecule has 2 atom stereocenters. The first-order valence-corrected chi connectivity index (χ1v) is 8.68. The lowest BCUT2D eigenvalue weighted by atomic mass is 9.81. The zero-order chi connectivity index (χ0) is 19.0. The number of ether oxygens (including phenoxy) is 1. The van der Waals surface area contributed by atoms with Gasteiger partial charge in [-0.2, -0.15) is 0 Å². The van der Waals surface area contributed by atoms with Gasteiger partial charge in [-0.25, -0.2) is 4.79 Å². The van der Waals surface area contributed by atoms with E-state index in [0.29, 0.717) is 19.4 Å². The van der Waals surface area contributed by atoms with E-state index in [-0.39, 0.29) is 25.0 Å². The highest BCUT2D eigenvalue weighted by molar-refractivity contribution is 5.88. The molecule has 1 aromatic carbocycles. The molecule has 1 aromatic rings. The summed E-state index contributed by atoms with van der Waals surface area (Å²) >= 11 is 0. The molecule has 0 bridgehead atoms. The molecule has 0 radical (unpaired) electrons. The van der Waals surface area contributed by atoms with E-state index in [2.05, 4.69) is 10.0 Å². The maximum Gasteiger partial charge on any atom is 0.332 e. The number of piperidine rings is 1. The Morgan fingerprint density at radius 1 is 1.42 bits per heavy atom. The Kier molecular flexibility index (Phi) is 6.81. The van der Waals surface area contributed by atoms with E-state index in [1.807, 2.05) is 49.4 Å². The molecule has 1 saturated heterocycles. The number of nitrogens with zero attached hydrogens (tertiary/aromatic N) is 4. The van der Waals surface area contributed by atoms with Crippen molar-refractivity contribution in [2.24, 2.45) is 5.11 Å². The van der Waals surface area contributed by atoms with Crippen molar-refractivity contribution in [3.8, 4) is 0 Å². The summed E-state index contributed by atoms with van der Waals surface area (Å²) in [6.45, 7) is 3.80. The van der Waals surface area contributed by atoms with Gasteiger partial charge in [-0.3, -0.25) is 4.79 Å². The summed E-state index contributed by atoms with van der Waals surface area (Å²) < 4.78 is 5.57. The van der Waals surface area contributed by atoms with Crippen molar-refractivity contribution in [1.29, 1.82) is 0 Å². The van der Waals surface area contributed by atoms with Crippen LogP contribution in [0.1, 0.15) is 38.7 Å². The predicted octanol–water partition coefficient (Wildman–Crippen LogP) is 3.76. The van der Waals surface area contributed by atoms with Crippen LogP contribution in [0.15, 0.2) is 47.6 Å². The van der Waals surface area contributed by atoms with Crippen LogP contribution < -0.4 is 0 Å². The number of azide groups is 1. The van der Waals surface area contributed by atoms with E-state index >= 15 is 0 Å². The van der Waals surface area contributed by atoms with E-state index in [4.69, 9.17) is 10.3 Å². The Morgan fingerprint density at radius 3 is 2.77 bits per heavy atom. The van der Waals surface area contributed by atoms with Crippen molar-refractivity contribution < 1.29 is 14.3 Å². The highest BCUT2D eigenvalue weighted by Gasteiger charge is 2.49. The first kappa shape index (κ1) is 19.5. The number of amides is 1. The molecule has 2 rings (SSSR count). The van der Waals surface area contributed by atoms with Crippen LogP contribution in [0.5, 0.6) is 0 Å². The summed E-state index contributed by atoms with van der Waals surface area (Å²) in [5.41, 5.74) is 8.50. The molecular formula is C19H24N4O3. The van der Waals surface area contributed by atoms with Crippen LogP contribution in [0.2, 0.25) is 0 Å². The molecule has 0 saturated carbocycles. The van der Waals surface area contributed by atoms with Crippen LogP contribution in [0.4, 0.5) is 0 Å². The Morgan fingerprint density at radius 2 is 2.15 bits per heavy atom. The summed E-state index contributed by atoms with van der Waals surface area (Å²) in [4.78, 5) is 29.7. The largest absolute Gasteiger partial charge is 0.459 e. The molecule has 0 spiro atoms. The summed E-state index contributed by atoms with van der Waals surface area (Å²) in [7, 11) is 0. The number of esters is 1. The van der Waals surface area contributed by atoms with Gasteiger partial charge < -0.3 is 9.64 Å². The van der Waals surface area contributed by atoms with Gasteiger partial charge in [0.25, 0.3) is 0 Å². The lowest BCUT2D eigenvalue weighted by Crippen LogP contribution is -2.61. The molecular weight excluding hydrogens is 332 g/mol. The molecule has 7 heteroatoms. The van der Waals surface area contributed by atoms with Gasteiger partial charge in [-0.05, 0) is 37.3 Å². The third-order valence-electron chi connectivity index (χ3n) is 4.65. The predicted molar refractivity (Wildman–Crippen MR) is 98.0 cm³/mol. The number of carbonyl (C=O) groups excluding carboxylic acids is 2. The van der Waals surface area contributed by atoms with Crippen LogP contribution in [0.25, 0.3) is 10.4 Å². The molecule has 0 aliphatic carbocycles. The maximum absolute atomic E-state index is 13.1. The third-order valence-corrected chi connectivity index (χ3v) is 4.65. The average Bonchev–Trinajstić information content (AvgIpc) is 2.65. The van der Waals surface area contributed by atoms with Gasteiger partial charge in [0.05, 0.1) is 0 Å². The molecule has 1 heterocycles. The highest BCUT2D eigenvalue weighted by Crippen LogP contribution is 2.35.